The highest BCUT2D eigenvalue weighted by Crippen LogP contribution is 2.17. The minimum Gasteiger partial charge on any atom is -0.357 e. The monoisotopic (exact) mass is 518 g/mol. The van der Waals surface area contributed by atoms with Gasteiger partial charge in [-0.3, -0.25) is 4.57 Å². The number of halogens is 1. The zero-order valence-electron chi connectivity index (χ0n) is 16.7. The Kier molecular flexibility index (Phi) is 9.49. The van der Waals surface area contributed by atoms with Crippen LogP contribution >= 0.6 is 35.3 Å². The van der Waals surface area contributed by atoms with Crippen molar-refractivity contribution < 1.29 is 0 Å². The summed E-state index contributed by atoms with van der Waals surface area (Å²) >= 11 is 1.82. The van der Waals surface area contributed by atoms with Crippen molar-refractivity contribution in [1.82, 2.24) is 25.0 Å². The lowest BCUT2D eigenvalue weighted by atomic mass is 10.2. The molecular weight excluding hydrogens is 487 g/mol. The summed E-state index contributed by atoms with van der Waals surface area (Å²) in [6, 6.07) is 4.33. The van der Waals surface area contributed by atoms with Crippen molar-refractivity contribution in [3.8, 4) is 0 Å². The van der Waals surface area contributed by atoms with Crippen molar-refractivity contribution >= 4 is 41.3 Å². The van der Waals surface area contributed by atoms with Gasteiger partial charge >= 0.3 is 5.69 Å². The van der Waals surface area contributed by atoms with Crippen molar-refractivity contribution in [3.63, 3.8) is 0 Å². The van der Waals surface area contributed by atoms with E-state index < -0.39 is 0 Å². The van der Waals surface area contributed by atoms with E-state index >= 15 is 0 Å². The van der Waals surface area contributed by atoms with Gasteiger partial charge in [0, 0.05) is 42.4 Å². The molecule has 28 heavy (non-hydrogen) atoms. The van der Waals surface area contributed by atoms with E-state index in [1.165, 1.54) is 9.75 Å². The SMILES string of the molecule is CCNC(=NCc1ccc(CC)s1)NCCCn1nc2n(c1=O)CCCC2.I. The third-order valence-electron chi connectivity index (χ3n) is 4.67. The van der Waals surface area contributed by atoms with Crippen LogP contribution in [-0.2, 0) is 32.5 Å². The van der Waals surface area contributed by atoms with E-state index in [9.17, 15) is 4.79 Å². The maximum absolute atomic E-state index is 12.3. The molecule has 0 saturated heterocycles. The fourth-order valence-corrected chi connectivity index (χ4v) is 4.11. The Bertz CT molecular complexity index is 825. The largest absolute Gasteiger partial charge is 0.357 e. The zero-order chi connectivity index (χ0) is 19.1. The van der Waals surface area contributed by atoms with E-state index in [0.717, 1.165) is 63.5 Å². The maximum atomic E-state index is 12.3. The minimum atomic E-state index is 0. The molecule has 9 heteroatoms. The smallest absolute Gasteiger partial charge is 0.345 e. The van der Waals surface area contributed by atoms with E-state index in [0.29, 0.717) is 13.1 Å². The maximum Gasteiger partial charge on any atom is 0.345 e. The zero-order valence-corrected chi connectivity index (χ0v) is 19.9. The van der Waals surface area contributed by atoms with Crippen molar-refractivity contribution in [2.45, 2.75) is 65.6 Å². The number of nitrogens with one attached hydrogen (secondary N) is 2. The molecule has 2 aromatic heterocycles. The van der Waals surface area contributed by atoms with Gasteiger partial charge in [-0.05, 0) is 44.7 Å². The highest BCUT2D eigenvalue weighted by atomic mass is 127. The number of aromatic nitrogens is 3. The molecule has 2 aromatic rings. The van der Waals surface area contributed by atoms with Crippen molar-refractivity contribution in [2.75, 3.05) is 13.1 Å². The Balaban J connectivity index is 0.00000280. The summed E-state index contributed by atoms with van der Waals surface area (Å²) in [6.07, 6.45) is 5.03. The van der Waals surface area contributed by atoms with Crippen molar-refractivity contribution in [1.29, 1.82) is 0 Å². The molecule has 0 fully saturated rings. The first-order valence-electron chi connectivity index (χ1n) is 9.97. The number of hydrogen-bond acceptors (Lipinski definition) is 4. The number of fused-ring (bicyclic) bond motifs is 1. The number of hydrogen-bond donors (Lipinski definition) is 2. The van der Waals surface area contributed by atoms with Crippen LogP contribution in [0.3, 0.4) is 0 Å². The van der Waals surface area contributed by atoms with Crippen molar-refractivity contribution in [3.05, 3.63) is 38.2 Å². The molecule has 0 atom stereocenters. The highest BCUT2D eigenvalue weighted by molar-refractivity contribution is 14.0. The Labute approximate surface area is 187 Å². The van der Waals surface area contributed by atoms with Gasteiger partial charge in [0.05, 0.1) is 6.54 Å². The summed E-state index contributed by atoms with van der Waals surface area (Å²) < 4.78 is 3.44. The van der Waals surface area contributed by atoms with Gasteiger partial charge in [-0.15, -0.1) is 35.3 Å². The highest BCUT2D eigenvalue weighted by Gasteiger charge is 2.16. The number of rotatable bonds is 8. The summed E-state index contributed by atoms with van der Waals surface area (Å²) in [6.45, 7) is 7.95. The Morgan fingerprint density at radius 1 is 1.25 bits per heavy atom. The lowest BCUT2D eigenvalue weighted by Crippen LogP contribution is -2.38. The normalized spacial score (nSPS) is 13.7. The summed E-state index contributed by atoms with van der Waals surface area (Å²) in [7, 11) is 0. The lowest BCUT2D eigenvalue weighted by molar-refractivity contribution is 0.509. The lowest BCUT2D eigenvalue weighted by Gasteiger charge is -2.10. The minimum absolute atomic E-state index is 0. The van der Waals surface area contributed by atoms with Crippen LogP contribution in [0.25, 0.3) is 0 Å². The van der Waals surface area contributed by atoms with Crippen LogP contribution in [0.4, 0.5) is 0 Å². The van der Waals surface area contributed by atoms with Crippen LogP contribution in [0.1, 0.15) is 48.7 Å². The number of aryl methyl sites for hydroxylation is 3. The summed E-state index contributed by atoms with van der Waals surface area (Å²) in [5.74, 6) is 1.76. The predicted molar refractivity (Wildman–Crippen MR) is 126 cm³/mol. The fraction of sp³-hybridized carbons (Fsp3) is 0.632. The molecular formula is C19H31IN6OS. The summed E-state index contributed by atoms with van der Waals surface area (Å²) in [4.78, 5) is 19.7. The second kappa shape index (κ2) is 11.6. The molecule has 2 N–H and O–H groups in total. The van der Waals surface area contributed by atoms with Gasteiger partial charge in [-0.1, -0.05) is 6.92 Å². The fourth-order valence-electron chi connectivity index (χ4n) is 3.23. The van der Waals surface area contributed by atoms with E-state index in [4.69, 9.17) is 0 Å². The molecule has 0 aliphatic carbocycles. The van der Waals surface area contributed by atoms with Crippen LogP contribution in [0, 0.1) is 0 Å². The van der Waals surface area contributed by atoms with E-state index in [1.54, 1.807) is 4.68 Å². The van der Waals surface area contributed by atoms with Crippen molar-refractivity contribution in [2.24, 2.45) is 4.99 Å². The topological polar surface area (TPSA) is 76.2 Å². The van der Waals surface area contributed by atoms with Crippen LogP contribution in [-0.4, -0.2) is 33.4 Å². The van der Waals surface area contributed by atoms with Crippen LogP contribution in [0.15, 0.2) is 21.9 Å². The van der Waals surface area contributed by atoms with E-state index in [2.05, 4.69) is 46.7 Å². The molecule has 0 amide bonds. The number of aliphatic imine (C=N–C) groups is 1. The summed E-state index contributed by atoms with van der Waals surface area (Å²) in [5.41, 5.74) is 0.0368. The number of nitrogens with zero attached hydrogens (tertiary/aromatic N) is 4. The van der Waals surface area contributed by atoms with Gasteiger partial charge < -0.3 is 10.6 Å². The first kappa shape index (κ1) is 22.9. The van der Waals surface area contributed by atoms with Crippen LogP contribution in [0.2, 0.25) is 0 Å². The van der Waals surface area contributed by atoms with E-state index in [1.807, 2.05) is 15.9 Å². The summed E-state index contributed by atoms with van der Waals surface area (Å²) in [5, 5.41) is 11.1. The van der Waals surface area contributed by atoms with Gasteiger partial charge in [-0.2, -0.15) is 5.10 Å². The van der Waals surface area contributed by atoms with Crippen LogP contribution < -0.4 is 16.3 Å². The third kappa shape index (κ3) is 6.07. The van der Waals surface area contributed by atoms with E-state index in [-0.39, 0.29) is 29.7 Å². The third-order valence-corrected chi connectivity index (χ3v) is 5.89. The molecule has 7 nitrogen and oxygen atoms in total. The second-order valence-corrected chi connectivity index (χ2v) is 7.98. The Hall–Kier alpha value is -1.36. The standard InChI is InChI=1S/C19H30N6OS.HI/c1-3-15-9-10-16(27-15)14-22-18(20-4-2)21-11-7-13-25-19(26)24-12-6-5-8-17(24)23-25;/h9-10H,3-8,11-14H2,1-2H3,(H2,20,21,22);1H. The average Bonchev–Trinajstić information content (AvgIpc) is 3.28. The molecule has 0 saturated carbocycles. The van der Waals surface area contributed by atoms with Gasteiger partial charge in [0.15, 0.2) is 5.96 Å². The van der Waals surface area contributed by atoms with Gasteiger partial charge in [-0.25, -0.2) is 14.5 Å². The molecule has 0 radical (unpaired) electrons. The van der Waals surface area contributed by atoms with Gasteiger partial charge in [0.2, 0.25) is 0 Å². The first-order valence-corrected chi connectivity index (χ1v) is 10.8. The average molecular weight is 518 g/mol. The molecule has 3 rings (SSSR count). The Morgan fingerprint density at radius 3 is 2.79 bits per heavy atom. The van der Waals surface area contributed by atoms with Gasteiger partial charge in [0.1, 0.15) is 5.82 Å². The van der Waals surface area contributed by atoms with Crippen LogP contribution in [0.5, 0.6) is 0 Å². The first-order chi connectivity index (χ1) is 13.2. The Morgan fingerprint density at radius 2 is 2.07 bits per heavy atom. The number of guanidine groups is 1. The number of thiophene rings is 1. The molecule has 1 aliphatic heterocycles. The molecule has 0 spiro atoms. The molecule has 1 aliphatic rings. The molecule has 3 heterocycles. The molecule has 0 unspecified atom stereocenters. The predicted octanol–water partition coefficient (Wildman–Crippen LogP) is 2.77. The second-order valence-electron chi connectivity index (χ2n) is 6.73. The molecule has 0 aromatic carbocycles. The molecule has 0 bridgehead atoms. The van der Waals surface area contributed by atoms with Gasteiger partial charge in [0.25, 0.3) is 0 Å². The molecule has 156 valence electrons. The quantitative estimate of drug-likeness (QED) is 0.244.